The second-order valence-electron chi connectivity index (χ2n) is 7.06. The van der Waals surface area contributed by atoms with Gasteiger partial charge in [0.15, 0.2) is 5.65 Å². The lowest BCUT2D eigenvalue weighted by Gasteiger charge is -2.26. The van der Waals surface area contributed by atoms with Crippen molar-refractivity contribution in [3.63, 3.8) is 0 Å². The Labute approximate surface area is 156 Å². The molecule has 1 aliphatic rings. The zero-order valence-electron chi connectivity index (χ0n) is 15.2. The lowest BCUT2D eigenvalue weighted by Crippen LogP contribution is -2.35. The van der Waals surface area contributed by atoms with Crippen molar-refractivity contribution in [2.75, 3.05) is 32.0 Å². The van der Waals surface area contributed by atoms with E-state index in [1.165, 1.54) is 10.9 Å². The van der Waals surface area contributed by atoms with Crippen molar-refractivity contribution in [1.29, 1.82) is 0 Å². The number of nitrogens with one attached hydrogen (secondary N) is 2. The van der Waals surface area contributed by atoms with Crippen LogP contribution in [-0.4, -0.2) is 51.1 Å². The summed E-state index contributed by atoms with van der Waals surface area (Å²) in [5, 5.41) is 1.23. The number of nitrogens with two attached hydrogens (primary N) is 1. The van der Waals surface area contributed by atoms with E-state index in [4.69, 9.17) is 10.5 Å². The van der Waals surface area contributed by atoms with E-state index in [0.29, 0.717) is 5.82 Å². The van der Waals surface area contributed by atoms with Gasteiger partial charge in [-0.2, -0.15) is 0 Å². The molecule has 0 radical (unpaired) electrons. The van der Waals surface area contributed by atoms with E-state index in [2.05, 4.69) is 49.1 Å². The minimum Gasteiger partial charge on any atom is -0.384 e. The van der Waals surface area contributed by atoms with Crippen LogP contribution < -0.4 is 5.73 Å². The van der Waals surface area contributed by atoms with Crippen molar-refractivity contribution < 1.29 is 4.74 Å². The van der Waals surface area contributed by atoms with Crippen LogP contribution in [0.25, 0.3) is 33.3 Å². The molecule has 5 rings (SSSR count). The number of aromatic nitrogens is 4. The number of H-pyrrole nitrogens is 2. The molecule has 1 fully saturated rings. The van der Waals surface area contributed by atoms with Gasteiger partial charge in [-0.05, 0) is 30.7 Å². The van der Waals surface area contributed by atoms with Gasteiger partial charge >= 0.3 is 0 Å². The number of fused-ring (bicyclic) bond motifs is 2. The van der Waals surface area contributed by atoms with Gasteiger partial charge in [0, 0.05) is 41.8 Å². The van der Waals surface area contributed by atoms with Crippen LogP contribution in [-0.2, 0) is 11.3 Å². The molecule has 7 nitrogen and oxygen atoms in total. The largest absolute Gasteiger partial charge is 0.384 e. The first-order valence-electron chi connectivity index (χ1n) is 9.21. The van der Waals surface area contributed by atoms with Gasteiger partial charge in [-0.15, -0.1) is 0 Å². The number of nitrogen functional groups attached to an aromatic ring is 1. The summed E-state index contributed by atoms with van der Waals surface area (Å²) in [7, 11) is 0. The number of rotatable bonds is 3. The molecule has 0 saturated carbocycles. The third-order valence-corrected chi connectivity index (χ3v) is 5.13. The molecule has 138 valence electrons. The highest BCUT2D eigenvalue weighted by Gasteiger charge is 2.16. The second kappa shape index (κ2) is 6.37. The molecular weight excluding hydrogens is 340 g/mol. The van der Waals surface area contributed by atoms with Gasteiger partial charge in [-0.25, -0.2) is 9.97 Å². The van der Waals surface area contributed by atoms with Gasteiger partial charge in [-0.1, -0.05) is 12.1 Å². The van der Waals surface area contributed by atoms with E-state index < -0.39 is 0 Å². The number of imidazole rings is 1. The Morgan fingerprint density at radius 3 is 2.85 bits per heavy atom. The number of aryl methyl sites for hydroxylation is 1. The Bertz CT molecular complexity index is 1120. The number of aromatic amines is 2. The summed E-state index contributed by atoms with van der Waals surface area (Å²) in [4.78, 5) is 18.1. The molecular formula is C20H22N6O. The zero-order valence-corrected chi connectivity index (χ0v) is 15.2. The third-order valence-electron chi connectivity index (χ3n) is 5.13. The van der Waals surface area contributed by atoms with Crippen molar-refractivity contribution in [2.24, 2.45) is 0 Å². The molecule has 4 aromatic rings. The van der Waals surface area contributed by atoms with Crippen LogP contribution in [0.3, 0.4) is 0 Å². The fourth-order valence-corrected chi connectivity index (χ4v) is 3.83. The molecule has 0 atom stereocenters. The SMILES string of the molecule is Cc1nc2c(-c3cc4c(CN5CCOCC5)cccc4[nH]3)cc(N)nc2[nH]1. The summed E-state index contributed by atoms with van der Waals surface area (Å²) in [6.45, 7) is 6.41. The molecule has 3 aromatic heterocycles. The molecule has 1 aliphatic heterocycles. The predicted octanol–water partition coefficient (Wildman–Crippen LogP) is 2.83. The van der Waals surface area contributed by atoms with Crippen molar-refractivity contribution in [3.8, 4) is 11.3 Å². The van der Waals surface area contributed by atoms with Crippen LogP contribution in [0, 0.1) is 6.92 Å². The molecule has 0 amide bonds. The molecule has 4 N–H and O–H groups in total. The van der Waals surface area contributed by atoms with E-state index in [0.717, 1.165) is 66.6 Å². The molecule has 7 heteroatoms. The second-order valence-corrected chi connectivity index (χ2v) is 7.06. The molecule has 1 aromatic carbocycles. The van der Waals surface area contributed by atoms with Crippen molar-refractivity contribution in [1.82, 2.24) is 24.8 Å². The minimum absolute atomic E-state index is 0.480. The summed E-state index contributed by atoms with van der Waals surface area (Å²) >= 11 is 0. The molecule has 4 heterocycles. The molecule has 0 spiro atoms. The molecule has 0 aliphatic carbocycles. The maximum atomic E-state index is 6.03. The van der Waals surface area contributed by atoms with Crippen LogP contribution in [0.5, 0.6) is 0 Å². The quantitative estimate of drug-likeness (QED) is 0.521. The van der Waals surface area contributed by atoms with E-state index in [-0.39, 0.29) is 0 Å². The average Bonchev–Trinajstić information content (AvgIpc) is 3.25. The summed E-state index contributed by atoms with van der Waals surface area (Å²) in [6.07, 6.45) is 0. The topological polar surface area (TPSA) is 95.8 Å². The maximum Gasteiger partial charge on any atom is 0.160 e. The smallest absolute Gasteiger partial charge is 0.160 e. The van der Waals surface area contributed by atoms with Crippen LogP contribution in [0.2, 0.25) is 0 Å². The Balaban J connectivity index is 1.60. The molecule has 0 bridgehead atoms. The van der Waals surface area contributed by atoms with Gasteiger partial charge in [0.05, 0.1) is 13.2 Å². The zero-order chi connectivity index (χ0) is 18.4. The maximum absolute atomic E-state index is 6.03. The number of hydrogen-bond acceptors (Lipinski definition) is 5. The number of nitrogens with zero attached hydrogens (tertiary/aromatic N) is 3. The number of morpholine rings is 1. The Hall–Kier alpha value is -2.90. The summed E-state index contributed by atoms with van der Waals surface area (Å²) < 4.78 is 5.47. The number of pyridine rings is 1. The van der Waals surface area contributed by atoms with Crippen molar-refractivity contribution >= 4 is 27.9 Å². The number of ether oxygens (including phenoxy) is 1. The fraction of sp³-hybridized carbons (Fsp3) is 0.300. The third kappa shape index (κ3) is 2.94. The van der Waals surface area contributed by atoms with E-state index in [1.807, 2.05) is 13.0 Å². The molecule has 0 unspecified atom stereocenters. The van der Waals surface area contributed by atoms with Gasteiger partial charge in [0.2, 0.25) is 0 Å². The first kappa shape index (κ1) is 16.3. The Morgan fingerprint density at radius 2 is 2.00 bits per heavy atom. The summed E-state index contributed by atoms with van der Waals surface area (Å²) in [6, 6.07) is 10.5. The lowest BCUT2D eigenvalue weighted by molar-refractivity contribution is 0.0344. The summed E-state index contributed by atoms with van der Waals surface area (Å²) in [5.41, 5.74) is 12.0. The monoisotopic (exact) mass is 362 g/mol. The Kier molecular flexibility index (Phi) is 3.84. The van der Waals surface area contributed by atoms with Crippen molar-refractivity contribution in [2.45, 2.75) is 13.5 Å². The normalized spacial score (nSPS) is 15.7. The summed E-state index contributed by atoms with van der Waals surface area (Å²) in [5.74, 6) is 1.31. The highest BCUT2D eigenvalue weighted by molar-refractivity contribution is 5.96. The molecule has 1 saturated heterocycles. The lowest BCUT2D eigenvalue weighted by atomic mass is 10.1. The average molecular weight is 362 g/mol. The number of hydrogen-bond donors (Lipinski definition) is 3. The standard InChI is InChI=1S/C20H22N6O/c1-12-22-19-15(10-18(21)25-20(19)23-12)17-9-14-13(3-2-4-16(14)24-17)11-26-5-7-27-8-6-26/h2-4,9-10,24H,5-8,11H2,1H3,(H3,21,22,23,25). The highest BCUT2D eigenvalue weighted by atomic mass is 16.5. The van der Waals surface area contributed by atoms with Crippen LogP contribution in [0.4, 0.5) is 5.82 Å². The van der Waals surface area contributed by atoms with E-state index in [1.54, 1.807) is 0 Å². The van der Waals surface area contributed by atoms with E-state index >= 15 is 0 Å². The number of anilines is 1. The van der Waals surface area contributed by atoms with Crippen molar-refractivity contribution in [3.05, 3.63) is 41.7 Å². The minimum atomic E-state index is 0.480. The Morgan fingerprint density at radius 1 is 1.15 bits per heavy atom. The predicted molar refractivity (Wildman–Crippen MR) is 106 cm³/mol. The first-order chi connectivity index (χ1) is 13.2. The van der Waals surface area contributed by atoms with Crippen LogP contribution >= 0.6 is 0 Å². The van der Waals surface area contributed by atoms with E-state index in [9.17, 15) is 0 Å². The van der Waals surface area contributed by atoms with Crippen LogP contribution in [0.1, 0.15) is 11.4 Å². The van der Waals surface area contributed by atoms with Crippen LogP contribution in [0.15, 0.2) is 30.3 Å². The molecule has 27 heavy (non-hydrogen) atoms. The van der Waals surface area contributed by atoms with Gasteiger partial charge < -0.3 is 20.4 Å². The highest BCUT2D eigenvalue weighted by Crippen LogP contribution is 2.31. The van der Waals surface area contributed by atoms with Gasteiger partial charge in [0.1, 0.15) is 17.2 Å². The number of benzene rings is 1. The van der Waals surface area contributed by atoms with Gasteiger partial charge in [-0.3, -0.25) is 4.90 Å². The van der Waals surface area contributed by atoms with Gasteiger partial charge in [0.25, 0.3) is 0 Å². The first-order valence-corrected chi connectivity index (χ1v) is 9.21. The fourth-order valence-electron chi connectivity index (χ4n) is 3.83.